The minimum Gasteiger partial charge on any atom is -0.399 e. The molecule has 1 fully saturated rings. The van der Waals surface area contributed by atoms with Crippen LogP contribution in [0.3, 0.4) is 0 Å². The first kappa shape index (κ1) is 12.9. The zero-order valence-electron chi connectivity index (χ0n) is 10.3. The van der Waals surface area contributed by atoms with E-state index >= 15 is 0 Å². The zero-order valence-corrected chi connectivity index (χ0v) is 11.9. The Morgan fingerprint density at radius 2 is 2.06 bits per heavy atom. The SMILES string of the molecule is CC1CCCCC1OCc1cc(N)cc(Br)c1. The van der Waals surface area contributed by atoms with Gasteiger partial charge in [-0.15, -0.1) is 0 Å². The summed E-state index contributed by atoms with van der Waals surface area (Å²) in [6.45, 7) is 2.96. The Morgan fingerprint density at radius 1 is 1.29 bits per heavy atom. The van der Waals surface area contributed by atoms with Gasteiger partial charge in [-0.25, -0.2) is 0 Å². The van der Waals surface area contributed by atoms with Crippen molar-refractivity contribution in [3.63, 3.8) is 0 Å². The molecule has 0 radical (unpaired) electrons. The molecule has 0 saturated heterocycles. The standard InChI is InChI=1S/C14H20BrNO/c1-10-4-2-3-5-14(10)17-9-11-6-12(15)8-13(16)7-11/h6-8,10,14H,2-5,9,16H2,1H3. The molecule has 2 atom stereocenters. The third-order valence-electron chi connectivity index (χ3n) is 3.48. The summed E-state index contributed by atoms with van der Waals surface area (Å²) in [5.74, 6) is 0.688. The second kappa shape index (κ2) is 5.87. The maximum absolute atomic E-state index is 6.01. The Bertz CT molecular complexity index is 360. The molecular weight excluding hydrogens is 278 g/mol. The summed E-state index contributed by atoms with van der Waals surface area (Å²) in [5, 5.41) is 0. The van der Waals surface area contributed by atoms with E-state index in [-0.39, 0.29) is 0 Å². The molecule has 1 aliphatic carbocycles. The molecule has 1 aromatic rings. The van der Waals surface area contributed by atoms with Gasteiger partial charge in [-0.2, -0.15) is 0 Å². The Labute approximate surface area is 112 Å². The number of nitrogens with two attached hydrogens (primary N) is 1. The van der Waals surface area contributed by atoms with Crippen molar-refractivity contribution in [2.45, 2.75) is 45.3 Å². The van der Waals surface area contributed by atoms with Crippen molar-refractivity contribution in [1.82, 2.24) is 0 Å². The molecule has 0 spiro atoms. The van der Waals surface area contributed by atoms with Gasteiger partial charge < -0.3 is 10.5 Å². The molecule has 94 valence electrons. The van der Waals surface area contributed by atoms with Crippen molar-refractivity contribution in [1.29, 1.82) is 0 Å². The fourth-order valence-electron chi connectivity index (χ4n) is 2.49. The summed E-state index contributed by atoms with van der Waals surface area (Å²) < 4.78 is 7.04. The highest BCUT2D eigenvalue weighted by Crippen LogP contribution is 2.27. The molecule has 0 aromatic heterocycles. The molecule has 0 amide bonds. The predicted molar refractivity (Wildman–Crippen MR) is 74.8 cm³/mol. The molecule has 0 heterocycles. The van der Waals surface area contributed by atoms with Gasteiger partial charge in [-0.1, -0.05) is 35.7 Å². The number of hydrogen-bond donors (Lipinski definition) is 1. The smallest absolute Gasteiger partial charge is 0.0721 e. The number of anilines is 1. The number of hydrogen-bond acceptors (Lipinski definition) is 2. The van der Waals surface area contributed by atoms with Gasteiger partial charge >= 0.3 is 0 Å². The van der Waals surface area contributed by atoms with Crippen LogP contribution >= 0.6 is 15.9 Å². The number of halogens is 1. The van der Waals surface area contributed by atoms with Crippen LogP contribution in [0.1, 0.15) is 38.2 Å². The lowest BCUT2D eigenvalue weighted by molar-refractivity contribution is -0.0154. The fourth-order valence-corrected chi connectivity index (χ4v) is 3.05. The molecule has 0 aliphatic heterocycles. The summed E-state index contributed by atoms with van der Waals surface area (Å²) in [7, 11) is 0. The minimum absolute atomic E-state index is 0.420. The van der Waals surface area contributed by atoms with Gasteiger partial charge in [0.05, 0.1) is 12.7 Å². The van der Waals surface area contributed by atoms with E-state index in [0.717, 1.165) is 15.7 Å². The van der Waals surface area contributed by atoms with E-state index in [4.69, 9.17) is 10.5 Å². The van der Waals surface area contributed by atoms with E-state index in [9.17, 15) is 0 Å². The normalized spacial score (nSPS) is 24.8. The fraction of sp³-hybridized carbons (Fsp3) is 0.571. The summed E-state index contributed by atoms with van der Waals surface area (Å²) in [6, 6.07) is 5.97. The number of nitrogen functional groups attached to an aromatic ring is 1. The first-order valence-electron chi connectivity index (χ1n) is 6.31. The van der Waals surface area contributed by atoms with Gasteiger partial charge in [0.1, 0.15) is 0 Å². The maximum Gasteiger partial charge on any atom is 0.0721 e. The highest BCUT2D eigenvalue weighted by atomic mass is 79.9. The van der Waals surface area contributed by atoms with Gasteiger partial charge in [-0.3, -0.25) is 0 Å². The van der Waals surface area contributed by atoms with Crippen molar-refractivity contribution in [3.05, 3.63) is 28.2 Å². The number of benzene rings is 1. The number of rotatable bonds is 3. The van der Waals surface area contributed by atoms with Crippen molar-refractivity contribution >= 4 is 21.6 Å². The van der Waals surface area contributed by atoms with Crippen LogP contribution < -0.4 is 5.73 Å². The first-order valence-corrected chi connectivity index (χ1v) is 7.11. The lowest BCUT2D eigenvalue weighted by atomic mass is 9.88. The van der Waals surface area contributed by atoms with Gasteiger partial charge in [0.25, 0.3) is 0 Å². The Kier molecular flexibility index (Phi) is 4.46. The van der Waals surface area contributed by atoms with Gasteiger partial charge in [-0.05, 0) is 42.5 Å². The summed E-state index contributed by atoms with van der Waals surface area (Å²) in [5.41, 5.74) is 7.74. The van der Waals surface area contributed by atoms with E-state index in [0.29, 0.717) is 18.6 Å². The molecule has 3 heteroatoms. The van der Waals surface area contributed by atoms with Crippen LogP contribution in [-0.2, 0) is 11.3 Å². The predicted octanol–water partition coefficient (Wildman–Crippen LogP) is 4.13. The van der Waals surface area contributed by atoms with Crippen molar-refractivity contribution in [2.24, 2.45) is 5.92 Å². The van der Waals surface area contributed by atoms with E-state index in [1.54, 1.807) is 0 Å². The Hall–Kier alpha value is -0.540. The maximum atomic E-state index is 6.01. The van der Waals surface area contributed by atoms with E-state index < -0.39 is 0 Å². The lowest BCUT2D eigenvalue weighted by Crippen LogP contribution is -2.25. The van der Waals surface area contributed by atoms with Crippen molar-refractivity contribution in [2.75, 3.05) is 5.73 Å². The summed E-state index contributed by atoms with van der Waals surface area (Å²) in [4.78, 5) is 0. The van der Waals surface area contributed by atoms with Crippen LogP contribution in [0.25, 0.3) is 0 Å². The van der Waals surface area contributed by atoms with E-state index in [1.807, 2.05) is 12.1 Å². The molecule has 0 bridgehead atoms. The Balaban J connectivity index is 1.92. The lowest BCUT2D eigenvalue weighted by Gasteiger charge is -2.28. The highest BCUT2D eigenvalue weighted by Gasteiger charge is 2.21. The zero-order chi connectivity index (χ0) is 12.3. The van der Waals surface area contributed by atoms with E-state index in [2.05, 4.69) is 28.9 Å². The van der Waals surface area contributed by atoms with Gasteiger partial charge in [0.2, 0.25) is 0 Å². The number of ether oxygens (including phenoxy) is 1. The molecule has 2 unspecified atom stereocenters. The van der Waals surface area contributed by atoms with Crippen LogP contribution in [0, 0.1) is 5.92 Å². The third-order valence-corrected chi connectivity index (χ3v) is 3.93. The van der Waals surface area contributed by atoms with Gasteiger partial charge in [0, 0.05) is 10.2 Å². The first-order chi connectivity index (χ1) is 8.15. The van der Waals surface area contributed by atoms with Gasteiger partial charge in [0.15, 0.2) is 0 Å². The molecule has 2 rings (SSSR count). The monoisotopic (exact) mass is 297 g/mol. The molecule has 2 nitrogen and oxygen atoms in total. The van der Waals surface area contributed by atoms with Crippen molar-refractivity contribution in [3.8, 4) is 0 Å². The Morgan fingerprint density at radius 3 is 2.76 bits per heavy atom. The molecular formula is C14H20BrNO. The molecule has 1 saturated carbocycles. The second-order valence-electron chi connectivity index (χ2n) is 5.00. The summed E-state index contributed by atoms with van der Waals surface area (Å²) in [6.07, 6.45) is 5.57. The topological polar surface area (TPSA) is 35.2 Å². The minimum atomic E-state index is 0.420. The molecule has 1 aromatic carbocycles. The van der Waals surface area contributed by atoms with Crippen LogP contribution in [-0.4, -0.2) is 6.10 Å². The van der Waals surface area contributed by atoms with Crippen LogP contribution in [0.2, 0.25) is 0 Å². The van der Waals surface area contributed by atoms with Crippen molar-refractivity contribution < 1.29 is 4.74 Å². The van der Waals surface area contributed by atoms with E-state index in [1.165, 1.54) is 25.7 Å². The molecule has 17 heavy (non-hydrogen) atoms. The molecule has 2 N–H and O–H groups in total. The molecule has 1 aliphatic rings. The average molecular weight is 298 g/mol. The second-order valence-corrected chi connectivity index (χ2v) is 5.92. The largest absolute Gasteiger partial charge is 0.399 e. The summed E-state index contributed by atoms with van der Waals surface area (Å²) >= 11 is 3.46. The quantitative estimate of drug-likeness (QED) is 0.852. The highest BCUT2D eigenvalue weighted by molar-refractivity contribution is 9.10. The third kappa shape index (κ3) is 3.71. The van der Waals surface area contributed by atoms with Crippen LogP contribution in [0.4, 0.5) is 5.69 Å². The average Bonchev–Trinajstić information content (AvgIpc) is 2.27. The van der Waals surface area contributed by atoms with Crippen LogP contribution in [0.5, 0.6) is 0 Å². The van der Waals surface area contributed by atoms with Crippen LogP contribution in [0.15, 0.2) is 22.7 Å².